The molecule has 1 heterocycles. The zero-order valence-corrected chi connectivity index (χ0v) is 13.1. The van der Waals surface area contributed by atoms with E-state index in [4.69, 9.17) is 0 Å². The molecule has 0 radical (unpaired) electrons. The van der Waals surface area contributed by atoms with Gasteiger partial charge in [0.25, 0.3) is 0 Å². The molecule has 0 unspecified atom stereocenters. The van der Waals surface area contributed by atoms with Crippen LogP contribution in [0.1, 0.15) is 64.2 Å². The van der Waals surface area contributed by atoms with Crippen molar-refractivity contribution in [1.29, 1.82) is 0 Å². The second kappa shape index (κ2) is 5.40. The van der Waals surface area contributed by atoms with Gasteiger partial charge in [-0.1, -0.05) is 6.42 Å². The maximum Gasteiger partial charge on any atom is 0.158 e. The van der Waals surface area contributed by atoms with E-state index in [2.05, 4.69) is 10.3 Å². The Balaban J connectivity index is 1.39. The molecule has 3 heteroatoms. The Hall–Kier alpha value is -0.860. The zero-order valence-electron chi connectivity index (χ0n) is 13.1. The first kappa shape index (κ1) is 13.8. The lowest BCUT2D eigenvalue weighted by Gasteiger charge is -2.56. The van der Waals surface area contributed by atoms with Gasteiger partial charge in [0.1, 0.15) is 0 Å². The lowest BCUT2D eigenvalue weighted by Crippen LogP contribution is -2.52. The van der Waals surface area contributed by atoms with Gasteiger partial charge in [0, 0.05) is 18.4 Å². The number of hydrogen-bond donors (Lipinski definition) is 1. The smallest absolute Gasteiger partial charge is 0.158 e. The van der Waals surface area contributed by atoms with E-state index in [1.807, 2.05) is 0 Å². The van der Waals surface area contributed by atoms with E-state index < -0.39 is 0 Å². The van der Waals surface area contributed by atoms with Gasteiger partial charge in [-0.2, -0.15) is 0 Å². The van der Waals surface area contributed by atoms with Gasteiger partial charge in [-0.3, -0.25) is 9.79 Å². The Bertz CT molecular complexity index is 419. The summed E-state index contributed by atoms with van der Waals surface area (Å²) in [5.41, 5.74) is 0.0487. The maximum atomic E-state index is 12.9. The fourth-order valence-corrected chi connectivity index (χ4v) is 5.84. The minimum atomic E-state index is 0.0487. The molecule has 0 aromatic heterocycles. The molecule has 4 aliphatic carbocycles. The monoisotopic (exact) mass is 288 g/mol. The average Bonchev–Trinajstić information content (AvgIpc) is 2.72. The predicted octanol–water partition coefficient (Wildman–Crippen LogP) is 3.33. The molecule has 5 aliphatic rings. The number of ketones is 1. The summed E-state index contributed by atoms with van der Waals surface area (Å²) >= 11 is 0. The van der Waals surface area contributed by atoms with E-state index in [0.717, 1.165) is 36.6 Å². The van der Waals surface area contributed by atoms with Crippen molar-refractivity contribution in [2.24, 2.45) is 28.2 Å². The molecule has 0 spiro atoms. The van der Waals surface area contributed by atoms with Gasteiger partial charge in [-0.05, 0) is 69.1 Å². The topological polar surface area (TPSA) is 41.5 Å². The Morgan fingerprint density at radius 2 is 1.71 bits per heavy atom. The van der Waals surface area contributed by atoms with Gasteiger partial charge < -0.3 is 5.32 Å². The van der Waals surface area contributed by atoms with Crippen molar-refractivity contribution in [3.63, 3.8) is 0 Å². The molecule has 5 rings (SSSR count). The van der Waals surface area contributed by atoms with Gasteiger partial charge in [0.2, 0.25) is 0 Å². The van der Waals surface area contributed by atoms with Crippen LogP contribution in [0.3, 0.4) is 0 Å². The Morgan fingerprint density at radius 3 is 2.38 bits per heavy atom. The first-order valence-electron chi connectivity index (χ1n) is 9.04. The Kier molecular flexibility index (Phi) is 3.55. The van der Waals surface area contributed by atoms with Crippen LogP contribution in [0, 0.1) is 23.2 Å². The number of nitrogens with zero attached hydrogens (tertiary/aromatic N) is 1. The van der Waals surface area contributed by atoms with Crippen molar-refractivity contribution in [2.75, 3.05) is 13.1 Å². The van der Waals surface area contributed by atoms with Crippen LogP contribution >= 0.6 is 0 Å². The molecule has 21 heavy (non-hydrogen) atoms. The largest absolute Gasteiger partial charge is 0.367 e. The summed E-state index contributed by atoms with van der Waals surface area (Å²) in [7, 11) is 0. The van der Waals surface area contributed by atoms with Crippen molar-refractivity contribution >= 4 is 11.6 Å². The number of nitrogens with one attached hydrogen (secondary N) is 1. The number of rotatable bonds is 3. The summed E-state index contributed by atoms with van der Waals surface area (Å²) in [5.74, 6) is 4.15. The molecule has 0 saturated heterocycles. The number of hydrogen-bond acceptors (Lipinski definition) is 3. The molecular weight excluding hydrogens is 260 g/mol. The van der Waals surface area contributed by atoms with Gasteiger partial charge in [0.05, 0.1) is 12.4 Å². The number of carbonyl (C=O) groups is 1. The summed E-state index contributed by atoms with van der Waals surface area (Å²) < 4.78 is 0. The summed E-state index contributed by atoms with van der Waals surface area (Å²) in [6.45, 7) is 1.47. The highest BCUT2D eigenvalue weighted by molar-refractivity contribution is 5.92. The van der Waals surface area contributed by atoms with E-state index >= 15 is 0 Å². The number of amidine groups is 1. The van der Waals surface area contributed by atoms with E-state index in [0.29, 0.717) is 12.3 Å². The molecule has 0 amide bonds. The highest BCUT2D eigenvalue weighted by atomic mass is 16.1. The van der Waals surface area contributed by atoms with Gasteiger partial charge >= 0.3 is 0 Å². The first-order valence-corrected chi connectivity index (χ1v) is 9.04. The molecule has 3 nitrogen and oxygen atoms in total. The third-order valence-electron chi connectivity index (χ3n) is 6.46. The van der Waals surface area contributed by atoms with Crippen LogP contribution in [0.25, 0.3) is 0 Å². The standard InChI is InChI=1S/C18H28N2O/c21-16(12-20-17-4-2-1-3-5-19-17)18-9-13-6-14(10-18)8-15(7-13)11-18/h13-15H,1-12H2,(H,19,20). The highest BCUT2D eigenvalue weighted by Crippen LogP contribution is 2.60. The zero-order chi connectivity index (χ0) is 14.3. The number of Topliss-reactive ketones (excluding diaryl/α,β-unsaturated/α-hetero) is 1. The second-order valence-corrected chi connectivity index (χ2v) is 8.11. The van der Waals surface area contributed by atoms with Crippen LogP contribution in [0.15, 0.2) is 4.99 Å². The van der Waals surface area contributed by atoms with E-state index in [-0.39, 0.29) is 5.41 Å². The average molecular weight is 288 g/mol. The second-order valence-electron chi connectivity index (χ2n) is 8.11. The molecule has 0 aromatic carbocycles. The lowest BCUT2D eigenvalue weighted by atomic mass is 9.48. The molecule has 1 aliphatic heterocycles. The quantitative estimate of drug-likeness (QED) is 0.865. The van der Waals surface area contributed by atoms with Crippen molar-refractivity contribution in [1.82, 2.24) is 5.32 Å². The van der Waals surface area contributed by atoms with E-state index in [9.17, 15) is 4.79 Å². The first-order chi connectivity index (χ1) is 10.2. The van der Waals surface area contributed by atoms with Crippen LogP contribution < -0.4 is 5.32 Å². The molecule has 4 saturated carbocycles. The predicted molar refractivity (Wildman–Crippen MR) is 84.4 cm³/mol. The van der Waals surface area contributed by atoms with Gasteiger partial charge in [0.15, 0.2) is 5.78 Å². The normalized spacial score (nSPS) is 41.5. The summed E-state index contributed by atoms with van der Waals surface area (Å²) in [6, 6.07) is 0. The third kappa shape index (κ3) is 2.64. The molecule has 4 bridgehead atoms. The fourth-order valence-electron chi connectivity index (χ4n) is 5.84. The van der Waals surface area contributed by atoms with E-state index in [1.54, 1.807) is 0 Å². The lowest BCUT2D eigenvalue weighted by molar-refractivity contribution is -0.142. The van der Waals surface area contributed by atoms with E-state index in [1.165, 1.54) is 57.8 Å². The van der Waals surface area contributed by atoms with Gasteiger partial charge in [-0.15, -0.1) is 0 Å². The Labute approximate surface area is 128 Å². The summed E-state index contributed by atoms with van der Waals surface area (Å²) in [6.07, 6.45) is 12.5. The molecule has 0 atom stereocenters. The fraction of sp³-hybridized carbons (Fsp3) is 0.889. The maximum absolute atomic E-state index is 12.9. The summed E-state index contributed by atoms with van der Waals surface area (Å²) in [5, 5.41) is 3.39. The minimum Gasteiger partial charge on any atom is -0.367 e. The molecule has 1 N–H and O–H groups in total. The minimum absolute atomic E-state index is 0.0487. The van der Waals surface area contributed by atoms with Gasteiger partial charge in [-0.25, -0.2) is 0 Å². The molecule has 0 aromatic rings. The van der Waals surface area contributed by atoms with Crippen molar-refractivity contribution in [3.05, 3.63) is 0 Å². The highest BCUT2D eigenvalue weighted by Gasteiger charge is 2.54. The van der Waals surface area contributed by atoms with Crippen molar-refractivity contribution < 1.29 is 4.79 Å². The number of aliphatic imine (C=N–C) groups is 1. The summed E-state index contributed by atoms with van der Waals surface area (Å²) in [4.78, 5) is 17.5. The van der Waals surface area contributed by atoms with Crippen molar-refractivity contribution in [2.45, 2.75) is 64.2 Å². The van der Waals surface area contributed by atoms with Crippen LogP contribution in [-0.2, 0) is 4.79 Å². The number of carbonyl (C=O) groups excluding carboxylic acids is 1. The van der Waals surface area contributed by atoms with Crippen LogP contribution in [0.5, 0.6) is 0 Å². The van der Waals surface area contributed by atoms with Crippen molar-refractivity contribution in [3.8, 4) is 0 Å². The molecule has 116 valence electrons. The molecular formula is C18H28N2O. The van der Waals surface area contributed by atoms with Crippen LogP contribution in [-0.4, -0.2) is 24.7 Å². The molecule has 4 fully saturated rings. The van der Waals surface area contributed by atoms with Crippen LogP contribution in [0.4, 0.5) is 0 Å². The third-order valence-corrected chi connectivity index (χ3v) is 6.46. The SMILES string of the molecule is O=C(CNC1=NCCCCC1)C12CC3CC(CC(C3)C1)C2. The Morgan fingerprint density at radius 1 is 1.05 bits per heavy atom. The van der Waals surface area contributed by atoms with Crippen LogP contribution in [0.2, 0.25) is 0 Å².